The van der Waals surface area contributed by atoms with Gasteiger partial charge in [-0.2, -0.15) is 5.10 Å². The maximum atomic E-state index is 12.2. The Hall–Kier alpha value is -3.43. The van der Waals surface area contributed by atoms with E-state index < -0.39 is 23.9 Å². The monoisotopic (exact) mass is 366 g/mol. The number of hydrogen-bond acceptors (Lipinski definition) is 5. The second kappa shape index (κ2) is 8.10. The third-order valence-corrected chi connectivity index (χ3v) is 2.92. The predicted octanol–water partition coefficient (Wildman–Crippen LogP) is 2.72. The van der Waals surface area contributed by atoms with Gasteiger partial charge in [-0.1, -0.05) is 6.07 Å². The largest absolute Gasteiger partial charge is 0.573 e. The second-order valence-electron chi connectivity index (χ2n) is 4.90. The van der Waals surface area contributed by atoms with Crippen molar-refractivity contribution < 1.29 is 27.5 Å². The molecular formula is C16H13F3N4O3. The number of carbonyl (C=O) groups excluding carboxylic acids is 2. The molecule has 0 radical (unpaired) electrons. The number of carbonyl (C=O) groups is 2. The van der Waals surface area contributed by atoms with Gasteiger partial charge in [-0.05, 0) is 31.2 Å². The number of aromatic nitrogens is 1. The van der Waals surface area contributed by atoms with Gasteiger partial charge in [0.2, 0.25) is 0 Å². The van der Waals surface area contributed by atoms with E-state index in [0.717, 1.165) is 12.1 Å². The molecule has 2 aromatic rings. The molecule has 0 saturated carbocycles. The van der Waals surface area contributed by atoms with Crippen LogP contribution in [-0.4, -0.2) is 28.9 Å². The number of alkyl halides is 3. The summed E-state index contributed by atoms with van der Waals surface area (Å²) in [6, 6.07) is 7.70. The standard InChI is InChI=1S/C16H13F3N4O3/c1-10(22-23-15(25)11-5-7-20-8-6-11)14(24)21-12-3-2-4-13(9-12)26-16(17,18)19/h2-9H,1H3,(H,21,24)(H,23,25)/b22-10+. The zero-order valence-electron chi connectivity index (χ0n) is 13.4. The van der Waals surface area contributed by atoms with Crippen LogP contribution < -0.4 is 15.5 Å². The molecule has 0 saturated heterocycles. The van der Waals surface area contributed by atoms with Gasteiger partial charge in [0.05, 0.1) is 0 Å². The van der Waals surface area contributed by atoms with Gasteiger partial charge in [-0.25, -0.2) is 5.43 Å². The molecule has 0 aliphatic rings. The fourth-order valence-electron chi connectivity index (χ4n) is 1.75. The number of halogens is 3. The molecule has 2 rings (SSSR count). The molecule has 0 bridgehead atoms. The quantitative estimate of drug-likeness (QED) is 0.629. The Bertz CT molecular complexity index is 823. The molecule has 10 heteroatoms. The Kier molecular flexibility index (Phi) is 5.89. The summed E-state index contributed by atoms with van der Waals surface area (Å²) in [5.41, 5.74) is 2.47. The maximum Gasteiger partial charge on any atom is 0.573 e. The number of anilines is 1. The third kappa shape index (κ3) is 5.89. The van der Waals surface area contributed by atoms with Crippen LogP contribution in [0, 0.1) is 0 Å². The number of hydrazone groups is 1. The first-order chi connectivity index (χ1) is 12.2. The van der Waals surface area contributed by atoms with Gasteiger partial charge < -0.3 is 10.1 Å². The number of hydrogen-bond donors (Lipinski definition) is 2. The first-order valence-electron chi connectivity index (χ1n) is 7.16. The Labute approximate surface area is 145 Å². The molecule has 0 spiro atoms. The Morgan fingerprint density at radius 3 is 2.50 bits per heavy atom. The van der Waals surface area contributed by atoms with Gasteiger partial charge >= 0.3 is 6.36 Å². The average molecular weight is 366 g/mol. The number of rotatable bonds is 5. The SMILES string of the molecule is C/C(=N\NC(=O)c1ccncc1)C(=O)Nc1cccc(OC(F)(F)F)c1. The smallest absolute Gasteiger partial charge is 0.406 e. The van der Waals surface area contributed by atoms with Crippen molar-refractivity contribution in [3.63, 3.8) is 0 Å². The second-order valence-corrected chi connectivity index (χ2v) is 4.90. The van der Waals surface area contributed by atoms with Gasteiger partial charge in [0, 0.05) is 29.7 Å². The number of benzene rings is 1. The highest BCUT2D eigenvalue weighted by atomic mass is 19.4. The summed E-state index contributed by atoms with van der Waals surface area (Å²) in [4.78, 5) is 27.6. The molecule has 2 N–H and O–H groups in total. The minimum Gasteiger partial charge on any atom is -0.406 e. The summed E-state index contributed by atoms with van der Waals surface area (Å²) in [5, 5.41) is 6.00. The molecule has 136 valence electrons. The Morgan fingerprint density at radius 2 is 1.85 bits per heavy atom. The van der Waals surface area contributed by atoms with Crippen molar-refractivity contribution in [1.29, 1.82) is 0 Å². The number of ether oxygens (including phenoxy) is 1. The lowest BCUT2D eigenvalue weighted by atomic mass is 10.2. The Morgan fingerprint density at radius 1 is 1.15 bits per heavy atom. The van der Waals surface area contributed by atoms with Gasteiger partial charge in [-0.15, -0.1) is 13.2 Å². The summed E-state index contributed by atoms with van der Waals surface area (Å²) in [6.45, 7) is 1.33. The van der Waals surface area contributed by atoms with Gasteiger partial charge in [0.25, 0.3) is 11.8 Å². The zero-order valence-corrected chi connectivity index (χ0v) is 13.4. The van der Waals surface area contributed by atoms with E-state index in [1.807, 2.05) is 0 Å². The van der Waals surface area contributed by atoms with E-state index in [0.29, 0.717) is 5.56 Å². The van der Waals surface area contributed by atoms with Crippen LogP contribution in [0.5, 0.6) is 5.75 Å². The highest BCUT2D eigenvalue weighted by Crippen LogP contribution is 2.24. The van der Waals surface area contributed by atoms with E-state index in [9.17, 15) is 22.8 Å². The minimum absolute atomic E-state index is 0.0757. The van der Waals surface area contributed by atoms with Gasteiger partial charge in [0.15, 0.2) is 0 Å². The number of amides is 2. The fraction of sp³-hybridized carbons (Fsp3) is 0.125. The summed E-state index contributed by atoms with van der Waals surface area (Å²) < 4.78 is 40.4. The van der Waals surface area contributed by atoms with Crippen LogP contribution >= 0.6 is 0 Å². The van der Waals surface area contributed by atoms with Crippen LogP contribution in [0.1, 0.15) is 17.3 Å². The topological polar surface area (TPSA) is 92.7 Å². The van der Waals surface area contributed by atoms with Crippen LogP contribution in [0.2, 0.25) is 0 Å². The number of nitrogens with one attached hydrogen (secondary N) is 2. The molecule has 7 nitrogen and oxygen atoms in total. The number of nitrogens with zero attached hydrogens (tertiary/aromatic N) is 2. The molecule has 1 heterocycles. The lowest BCUT2D eigenvalue weighted by Crippen LogP contribution is -2.25. The van der Waals surface area contributed by atoms with E-state index in [2.05, 4.69) is 25.6 Å². The molecule has 1 aromatic carbocycles. The summed E-state index contributed by atoms with van der Waals surface area (Å²) in [7, 11) is 0. The predicted molar refractivity (Wildman–Crippen MR) is 86.6 cm³/mol. The highest BCUT2D eigenvalue weighted by molar-refractivity contribution is 6.42. The maximum absolute atomic E-state index is 12.2. The van der Waals surface area contributed by atoms with Crippen molar-refractivity contribution in [2.75, 3.05) is 5.32 Å². The van der Waals surface area contributed by atoms with Crippen molar-refractivity contribution in [1.82, 2.24) is 10.4 Å². The lowest BCUT2D eigenvalue weighted by molar-refractivity contribution is -0.274. The van der Waals surface area contributed by atoms with Crippen molar-refractivity contribution in [2.24, 2.45) is 5.10 Å². The van der Waals surface area contributed by atoms with Crippen molar-refractivity contribution in [2.45, 2.75) is 13.3 Å². The molecule has 0 unspecified atom stereocenters. The van der Waals surface area contributed by atoms with E-state index >= 15 is 0 Å². The first kappa shape index (κ1) is 18.9. The summed E-state index contributed by atoms with van der Waals surface area (Å²) in [5.74, 6) is -1.72. The van der Waals surface area contributed by atoms with Crippen molar-refractivity contribution in [3.8, 4) is 5.75 Å². The lowest BCUT2D eigenvalue weighted by Gasteiger charge is -2.10. The van der Waals surface area contributed by atoms with Crippen LogP contribution in [0.15, 0.2) is 53.9 Å². The zero-order chi connectivity index (χ0) is 19.2. The molecule has 1 aromatic heterocycles. The van der Waals surface area contributed by atoms with E-state index in [1.54, 1.807) is 0 Å². The average Bonchev–Trinajstić information content (AvgIpc) is 2.59. The van der Waals surface area contributed by atoms with Crippen LogP contribution in [-0.2, 0) is 4.79 Å². The molecule has 2 amide bonds. The van der Waals surface area contributed by atoms with E-state index in [-0.39, 0.29) is 11.4 Å². The van der Waals surface area contributed by atoms with Crippen LogP contribution in [0.3, 0.4) is 0 Å². The Balaban J connectivity index is 1.98. The normalized spacial score (nSPS) is 11.6. The van der Waals surface area contributed by atoms with Crippen molar-refractivity contribution in [3.05, 3.63) is 54.4 Å². The molecular weight excluding hydrogens is 353 g/mol. The fourth-order valence-corrected chi connectivity index (χ4v) is 1.75. The van der Waals surface area contributed by atoms with Gasteiger partial charge in [0.1, 0.15) is 11.5 Å². The molecule has 0 fully saturated rings. The molecule has 0 aliphatic carbocycles. The summed E-state index contributed by atoms with van der Waals surface area (Å²) in [6.07, 6.45) is -1.99. The molecule has 0 atom stereocenters. The summed E-state index contributed by atoms with van der Waals surface area (Å²) >= 11 is 0. The van der Waals surface area contributed by atoms with E-state index in [1.165, 1.54) is 43.6 Å². The minimum atomic E-state index is -4.84. The molecule has 26 heavy (non-hydrogen) atoms. The van der Waals surface area contributed by atoms with Gasteiger partial charge in [-0.3, -0.25) is 14.6 Å². The molecule has 0 aliphatic heterocycles. The third-order valence-electron chi connectivity index (χ3n) is 2.92. The highest BCUT2D eigenvalue weighted by Gasteiger charge is 2.31. The first-order valence-corrected chi connectivity index (χ1v) is 7.16. The van der Waals surface area contributed by atoms with Crippen molar-refractivity contribution >= 4 is 23.2 Å². The van der Waals surface area contributed by atoms with Crippen LogP contribution in [0.25, 0.3) is 0 Å². The van der Waals surface area contributed by atoms with Crippen LogP contribution in [0.4, 0.5) is 18.9 Å². The van der Waals surface area contributed by atoms with E-state index in [4.69, 9.17) is 0 Å². The number of pyridine rings is 1.